The van der Waals surface area contributed by atoms with Crippen LogP contribution in [0.2, 0.25) is 0 Å². The van der Waals surface area contributed by atoms with Gasteiger partial charge in [0.15, 0.2) is 0 Å². The number of amides is 2. The summed E-state index contributed by atoms with van der Waals surface area (Å²) in [6.07, 6.45) is 4.06. The Morgan fingerprint density at radius 2 is 1.36 bits per heavy atom. The molecule has 7 heteroatoms. The minimum atomic E-state index is -0.0607. The Balaban J connectivity index is 1.95. The number of benzene rings is 1. The van der Waals surface area contributed by atoms with Gasteiger partial charge in [0.1, 0.15) is 5.84 Å². The van der Waals surface area contributed by atoms with E-state index in [2.05, 4.69) is 4.99 Å². The SMILES string of the molecule is NC(CCl)=Nc1cc(C(=O)N2CCCC2)cc(C(=O)N2CCCC2)c1. The maximum atomic E-state index is 12.7. The number of halogens is 1. The quantitative estimate of drug-likeness (QED) is 0.507. The monoisotopic (exact) mass is 362 g/mol. The molecule has 6 nitrogen and oxygen atoms in total. The molecule has 0 radical (unpaired) electrons. The molecule has 0 spiro atoms. The lowest BCUT2D eigenvalue weighted by molar-refractivity contribution is 0.0791. The van der Waals surface area contributed by atoms with Crippen LogP contribution in [0, 0.1) is 0 Å². The number of aliphatic imine (C=N–C) groups is 1. The second-order valence-corrected chi connectivity index (χ2v) is 6.77. The minimum absolute atomic E-state index is 0.0607. The fraction of sp³-hybridized carbons (Fsp3) is 0.500. The van der Waals surface area contributed by atoms with Gasteiger partial charge < -0.3 is 15.5 Å². The highest BCUT2D eigenvalue weighted by molar-refractivity contribution is 6.28. The molecular weight excluding hydrogens is 340 g/mol. The van der Waals surface area contributed by atoms with E-state index >= 15 is 0 Å². The number of alkyl halides is 1. The molecule has 2 aliphatic heterocycles. The zero-order chi connectivity index (χ0) is 17.8. The van der Waals surface area contributed by atoms with Crippen molar-refractivity contribution in [3.8, 4) is 0 Å². The van der Waals surface area contributed by atoms with E-state index < -0.39 is 0 Å². The van der Waals surface area contributed by atoms with E-state index in [0.717, 1.165) is 51.9 Å². The Kier molecular flexibility index (Phi) is 5.58. The van der Waals surface area contributed by atoms with Gasteiger partial charge in [0.05, 0.1) is 11.6 Å². The summed E-state index contributed by atoms with van der Waals surface area (Å²) in [5, 5.41) is 0. The van der Waals surface area contributed by atoms with Crippen LogP contribution >= 0.6 is 11.6 Å². The second-order valence-electron chi connectivity index (χ2n) is 6.50. The molecule has 0 aliphatic carbocycles. The fourth-order valence-corrected chi connectivity index (χ4v) is 3.38. The summed E-state index contributed by atoms with van der Waals surface area (Å²) in [5.41, 5.74) is 7.18. The van der Waals surface area contributed by atoms with Gasteiger partial charge in [-0.25, -0.2) is 4.99 Å². The van der Waals surface area contributed by atoms with E-state index in [1.165, 1.54) is 0 Å². The molecule has 0 aromatic heterocycles. The van der Waals surface area contributed by atoms with Gasteiger partial charge in [-0.3, -0.25) is 9.59 Å². The third kappa shape index (κ3) is 4.12. The number of rotatable bonds is 4. The molecule has 2 amide bonds. The first-order valence-corrected chi connectivity index (χ1v) is 9.24. The molecule has 2 N–H and O–H groups in total. The van der Waals surface area contributed by atoms with Crippen molar-refractivity contribution in [2.24, 2.45) is 10.7 Å². The fourth-order valence-electron chi connectivity index (χ4n) is 3.32. The van der Waals surface area contributed by atoms with E-state index in [0.29, 0.717) is 16.8 Å². The first-order valence-electron chi connectivity index (χ1n) is 8.71. The van der Waals surface area contributed by atoms with Gasteiger partial charge in [0, 0.05) is 37.3 Å². The Hall–Kier alpha value is -2.08. The predicted molar refractivity (Wildman–Crippen MR) is 98.7 cm³/mol. The van der Waals surface area contributed by atoms with Gasteiger partial charge in [0.25, 0.3) is 11.8 Å². The van der Waals surface area contributed by atoms with Crippen LogP contribution in [0.1, 0.15) is 46.4 Å². The molecule has 2 fully saturated rings. The highest BCUT2D eigenvalue weighted by Crippen LogP contribution is 2.23. The Bertz CT molecular complexity index is 646. The summed E-state index contributed by atoms with van der Waals surface area (Å²) in [7, 11) is 0. The average molecular weight is 363 g/mol. The number of likely N-dealkylation sites (tertiary alicyclic amines) is 2. The van der Waals surface area contributed by atoms with Crippen molar-refractivity contribution in [3.05, 3.63) is 29.3 Å². The third-order valence-corrected chi connectivity index (χ3v) is 4.88. The summed E-state index contributed by atoms with van der Waals surface area (Å²) in [6.45, 7) is 3.02. The van der Waals surface area contributed by atoms with E-state index in [-0.39, 0.29) is 23.5 Å². The van der Waals surface area contributed by atoms with Crippen LogP contribution in [0.3, 0.4) is 0 Å². The van der Waals surface area contributed by atoms with Crippen LogP contribution in [0.4, 0.5) is 5.69 Å². The topological polar surface area (TPSA) is 79.0 Å². The minimum Gasteiger partial charge on any atom is -0.386 e. The largest absolute Gasteiger partial charge is 0.386 e. The molecule has 0 bridgehead atoms. The number of carbonyl (C=O) groups is 2. The highest BCUT2D eigenvalue weighted by atomic mass is 35.5. The lowest BCUT2D eigenvalue weighted by Gasteiger charge is -2.18. The summed E-state index contributed by atoms with van der Waals surface area (Å²) < 4.78 is 0. The lowest BCUT2D eigenvalue weighted by Crippen LogP contribution is -2.29. The Morgan fingerprint density at radius 3 is 1.76 bits per heavy atom. The summed E-state index contributed by atoms with van der Waals surface area (Å²) >= 11 is 5.71. The van der Waals surface area contributed by atoms with Crippen LogP contribution in [-0.2, 0) is 0 Å². The van der Waals surface area contributed by atoms with Crippen LogP contribution in [0.5, 0.6) is 0 Å². The van der Waals surface area contributed by atoms with Crippen molar-refractivity contribution >= 4 is 34.9 Å². The van der Waals surface area contributed by atoms with Crippen LogP contribution in [0.15, 0.2) is 23.2 Å². The molecular formula is C18H23ClN4O2. The van der Waals surface area contributed by atoms with Gasteiger partial charge in [-0.15, -0.1) is 11.6 Å². The number of carbonyl (C=O) groups excluding carboxylic acids is 2. The van der Waals surface area contributed by atoms with Gasteiger partial charge in [0.2, 0.25) is 0 Å². The van der Waals surface area contributed by atoms with Crippen LogP contribution in [-0.4, -0.2) is 59.5 Å². The first-order chi connectivity index (χ1) is 12.1. The molecule has 0 unspecified atom stereocenters. The number of hydrogen-bond acceptors (Lipinski definition) is 3. The average Bonchev–Trinajstić information content (AvgIpc) is 3.33. The van der Waals surface area contributed by atoms with Crippen molar-refractivity contribution in [1.82, 2.24) is 9.80 Å². The normalized spacial score (nSPS) is 18.0. The van der Waals surface area contributed by atoms with Crippen molar-refractivity contribution in [2.45, 2.75) is 25.7 Å². The summed E-state index contributed by atoms with van der Waals surface area (Å²) in [6, 6.07) is 5.04. The molecule has 25 heavy (non-hydrogen) atoms. The second kappa shape index (κ2) is 7.87. The Labute approximate surface area is 152 Å². The van der Waals surface area contributed by atoms with Gasteiger partial charge in [-0.2, -0.15) is 0 Å². The molecule has 1 aromatic rings. The highest BCUT2D eigenvalue weighted by Gasteiger charge is 2.24. The van der Waals surface area contributed by atoms with Crippen LogP contribution in [0.25, 0.3) is 0 Å². The summed E-state index contributed by atoms with van der Waals surface area (Å²) in [4.78, 5) is 33.4. The number of nitrogens with two attached hydrogens (primary N) is 1. The maximum absolute atomic E-state index is 12.7. The van der Waals surface area contributed by atoms with Crippen molar-refractivity contribution in [3.63, 3.8) is 0 Å². The zero-order valence-electron chi connectivity index (χ0n) is 14.2. The van der Waals surface area contributed by atoms with Gasteiger partial charge in [-0.05, 0) is 43.9 Å². The smallest absolute Gasteiger partial charge is 0.253 e. The molecule has 2 aliphatic rings. The van der Waals surface area contributed by atoms with E-state index in [1.54, 1.807) is 18.2 Å². The van der Waals surface area contributed by atoms with Crippen molar-refractivity contribution < 1.29 is 9.59 Å². The first kappa shape index (κ1) is 17.7. The molecule has 0 saturated carbocycles. The van der Waals surface area contributed by atoms with E-state index in [1.807, 2.05) is 9.80 Å². The lowest BCUT2D eigenvalue weighted by atomic mass is 10.1. The molecule has 2 saturated heterocycles. The number of hydrogen-bond donors (Lipinski definition) is 1. The molecule has 134 valence electrons. The van der Waals surface area contributed by atoms with E-state index in [9.17, 15) is 9.59 Å². The van der Waals surface area contributed by atoms with E-state index in [4.69, 9.17) is 17.3 Å². The van der Waals surface area contributed by atoms with Crippen molar-refractivity contribution in [1.29, 1.82) is 0 Å². The number of nitrogens with zero attached hydrogens (tertiary/aromatic N) is 3. The maximum Gasteiger partial charge on any atom is 0.253 e. The molecule has 0 atom stereocenters. The Morgan fingerprint density at radius 1 is 0.920 bits per heavy atom. The van der Waals surface area contributed by atoms with Gasteiger partial charge >= 0.3 is 0 Å². The van der Waals surface area contributed by atoms with Crippen LogP contribution < -0.4 is 5.73 Å². The van der Waals surface area contributed by atoms with Crippen molar-refractivity contribution in [2.75, 3.05) is 32.1 Å². The number of amidine groups is 1. The molecule has 2 heterocycles. The molecule has 1 aromatic carbocycles. The van der Waals surface area contributed by atoms with Gasteiger partial charge in [-0.1, -0.05) is 0 Å². The summed E-state index contributed by atoms with van der Waals surface area (Å²) in [5.74, 6) is 0.232. The zero-order valence-corrected chi connectivity index (χ0v) is 15.0. The standard InChI is InChI=1S/C18H23ClN4O2/c19-12-16(20)21-15-10-13(17(24)22-5-1-2-6-22)9-14(11-15)18(25)23-7-3-4-8-23/h9-11H,1-8,12H2,(H2,20,21). The molecule has 3 rings (SSSR count). The predicted octanol–water partition coefficient (Wildman–Crippen LogP) is 2.39. The third-order valence-electron chi connectivity index (χ3n) is 4.61.